The SMILES string of the molecule is Nc1nc2c(c(=O)[nH]1)NCN2C1CC(COP(=O)(O)Oc2ccccc2F)C1CO. The van der Waals surface area contributed by atoms with Crippen LogP contribution in [0.3, 0.4) is 0 Å². The van der Waals surface area contributed by atoms with Gasteiger partial charge in [0.15, 0.2) is 17.4 Å². The van der Waals surface area contributed by atoms with Crippen molar-refractivity contribution in [1.82, 2.24) is 9.97 Å². The molecule has 11 nitrogen and oxygen atoms in total. The van der Waals surface area contributed by atoms with E-state index in [0.717, 1.165) is 6.07 Å². The Balaban J connectivity index is 1.39. The van der Waals surface area contributed by atoms with E-state index in [9.17, 15) is 23.7 Å². The lowest BCUT2D eigenvalue weighted by atomic mass is 9.69. The summed E-state index contributed by atoms with van der Waals surface area (Å²) >= 11 is 0. The topological polar surface area (TPSA) is 163 Å². The number of nitrogens with zero attached hydrogens (tertiary/aromatic N) is 2. The quantitative estimate of drug-likeness (QED) is 0.390. The van der Waals surface area contributed by atoms with Crippen LogP contribution in [0.25, 0.3) is 0 Å². The Morgan fingerprint density at radius 1 is 1.40 bits per heavy atom. The number of para-hydroxylation sites is 1. The molecule has 4 unspecified atom stereocenters. The predicted octanol–water partition coefficient (Wildman–Crippen LogP) is 0.874. The highest BCUT2D eigenvalue weighted by Gasteiger charge is 2.47. The Hall–Kier alpha value is -2.66. The monoisotopic (exact) mass is 441 g/mol. The van der Waals surface area contributed by atoms with Gasteiger partial charge >= 0.3 is 7.82 Å². The number of phosphoric acid groups is 1. The molecule has 4 rings (SSSR count). The predicted molar refractivity (Wildman–Crippen MR) is 106 cm³/mol. The first kappa shape index (κ1) is 20.6. The first-order valence-electron chi connectivity index (χ1n) is 9.21. The number of aliphatic hydroxyl groups excluding tert-OH is 1. The number of hydrogen-bond donors (Lipinski definition) is 5. The van der Waals surface area contributed by atoms with E-state index in [1.807, 2.05) is 4.90 Å². The number of anilines is 3. The number of aliphatic hydroxyl groups is 1. The summed E-state index contributed by atoms with van der Waals surface area (Å²) in [5.74, 6) is -1.33. The summed E-state index contributed by atoms with van der Waals surface area (Å²) < 4.78 is 35.6. The van der Waals surface area contributed by atoms with Gasteiger partial charge < -0.3 is 25.6 Å². The molecule has 0 spiro atoms. The number of aromatic amines is 1. The minimum absolute atomic E-state index is 0.0151. The molecule has 4 atom stereocenters. The smallest absolute Gasteiger partial charge is 0.401 e. The Morgan fingerprint density at radius 3 is 2.90 bits per heavy atom. The minimum atomic E-state index is -4.54. The third-order valence-electron chi connectivity index (χ3n) is 5.37. The van der Waals surface area contributed by atoms with Gasteiger partial charge in [0, 0.05) is 18.6 Å². The molecule has 13 heteroatoms. The van der Waals surface area contributed by atoms with Crippen LogP contribution in [-0.2, 0) is 9.09 Å². The Morgan fingerprint density at radius 2 is 2.17 bits per heavy atom. The second kappa shape index (κ2) is 7.88. The Bertz CT molecular complexity index is 1050. The molecule has 1 aromatic heterocycles. The molecule has 2 heterocycles. The molecule has 0 saturated heterocycles. The molecule has 1 aromatic carbocycles. The molecule has 6 N–H and O–H groups in total. The molecule has 30 heavy (non-hydrogen) atoms. The van der Waals surface area contributed by atoms with E-state index in [1.54, 1.807) is 0 Å². The molecule has 0 radical (unpaired) electrons. The zero-order chi connectivity index (χ0) is 21.5. The standard InChI is InChI=1S/C17H21FN5O6P/c18-11-3-1-2-4-13(11)29-30(26,27)28-7-9-5-12(10(9)6-24)23-8-20-14-15(23)21-17(19)22-16(14)25/h1-4,9-10,12,20,24H,5-8H2,(H,26,27)(H3,19,21,22,25). The summed E-state index contributed by atoms with van der Waals surface area (Å²) in [5, 5.41) is 12.8. The molecular weight excluding hydrogens is 420 g/mol. The van der Waals surface area contributed by atoms with Gasteiger partial charge in [0.25, 0.3) is 5.56 Å². The molecule has 1 aliphatic heterocycles. The van der Waals surface area contributed by atoms with Gasteiger partial charge in [-0.15, -0.1) is 0 Å². The van der Waals surface area contributed by atoms with Gasteiger partial charge in [-0.1, -0.05) is 12.1 Å². The lowest BCUT2D eigenvalue weighted by Crippen LogP contribution is -2.55. The first-order valence-corrected chi connectivity index (χ1v) is 10.7. The van der Waals surface area contributed by atoms with Crippen LogP contribution in [0.2, 0.25) is 0 Å². The number of nitrogens with two attached hydrogens (primary N) is 1. The summed E-state index contributed by atoms with van der Waals surface area (Å²) in [6.07, 6.45) is 0.514. The van der Waals surface area contributed by atoms with Crippen molar-refractivity contribution in [3.05, 3.63) is 40.4 Å². The highest BCUT2D eigenvalue weighted by atomic mass is 31.2. The molecule has 1 aliphatic carbocycles. The number of benzene rings is 1. The maximum Gasteiger partial charge on any atom is 0.527 e. The van der Waals surface area contributed by atoms with Crippen molar-refractivity contribution in [2.45, 2.75) is 12.5 Å². The van der Waals surface area contributed by atoms with E-state index in [1.165, 1.54) is 18.2 Å². The van der Waals surface area contributed by atoms with Crippen LogP contribution < -0.4 is 26.0 Å². The average Bonchev–Trinajstić information content (AvgIpc) is 3.06. The third kappa shape index (κ3) is 3.86. The van der Waals surface area contributed by atoms with E-state index in [-0.39, 0.29) is 48.3 Å². The molecule has 1 saturated carbocycles. The van der Waals surface area contributed by atoms with E-state index in [2.05, 4.69) is 15.3 Å². The highest BCUT2D eigenvalue weighted by molar-refractivity contribution is 7.47. The molecule has 0 amide bonds. The van der Waals surface area contributed by atoms with E-state index >= 15 is 0 Å². The van der Waals surface area contributed by atoms with Crippen molar-refractivity contribution in [2.75, 3.05) is 35.8 Å². The molecule has 0 bridgehead atoms. The fraction of sp³-hybridized carbons (Fsp3) is 0.412. The van der Waals surface area contributed by atoms with Crippen LogP contribution in [-0.4, -0.2) is 45.9 Å². The number of fused-ring (bicyclic) bond motifs is 1. The number of aromatic nitrogens is 2. The maximum atomic E-state index is 13.6. The van der Waals surface area contributed by atoms with Gasteiger partial charge in [-0.2, -0.15) is 4.98 Å². The largest absolute Gasteiger partial charge is 0.527 e. The van der Waals surface area contributed by atoms with Crippen molar-refractivity contribution in [3.63, 3.8) is 0 Å². The number of rotatable bonds is 7. The van der Waals surface area contributed by atoms with Crippen molar-refractivity contribution in [1.29, 1.82) is 0 Å². The number of H-pyrrole nitrogens is 1. The summed E-state index contributed by atoms with van der Waals surface area (Å²) in [6, 6.07) is 5.03. The van der Waals surface area contributed by atoms with Crippen LogP contribution in [0.15, 0.2) is 29.1 Å². The Labute approximate surface area is 170 Å². The number of nitrogens with one attached hydrogen (secondary N) is 2. The average molecular weight is 441 g/mol. The molecular formula is C17H21FN5O6P. The van der Waals surface area contributed by atoms with Crippen LogP contribution in [0.4, 0.5) is 21.8 Å². The Kier molecular flexibility index (Phi) is 5.41. The maximum absolute atomic E-state index is 13.6. The summed E-state index contributed by atoms with van der Waals surface area (Å²) in [7, 11) is -4.54. The summed E-state index contributed by atoms with van der Waals surface area (Å²) in [5.41, 5.74) is 5.55. The number of nitrogen functional groups attached to an aromatic ring is 1. The fourth-order valence-electron chi connectivity index (χ4n) is 3.82. The lowest BCUT2D eigenvalue weighted by molar-refractivity contribution is 0.0216. The van der Waals surface area contributed by atoms with Gasteiger partial charge in [0.05, 0.1) is 13.3 Å². The van der Waals surface area contributed by atoms with E-state index in [0.29, 0.717) is 24.6 Å². The van der Waals surface area contributed by atoms with Crippen LogP contribution in [0.1, 0.15) is 6.42 Å². The second-order valence-electron chi connectivity index (χ2n) is 7.15. The molecule has 2 aromatic rings. The molecule has 162 valence electrons. The van der Waals surface area contributed by atoms with Gasteiger partial charge in [-0.3, -0.25) is 19.2 Å². The van der Waals surface area contributed by atoms with Crippen LogP contribution in [0.5, 0.6) is 5.75 Å². The van der Waals surface area contributed by atoms with Crippen molar-refractivity contribution >= 4 is 25.3 Å². The van der Waals surface area contributed by atoms with Crippen molar-refractivity contribution in [2.24, 2.45) is 11.8 Å². The summed E-state index contributed by atoms with van der Waals surface area (Å²) in [4.78, 5) is 30.3. The normalized spacial score (nSPS) is 24.5. The number of hydrogen-bond acceptors (Lipinski definition) is 9. The van der Waals surface area contributed by atoms with Crippen LogP contribution >= 0.6 is 7.82 Å². The zero-order valence-corrected chi connectivity index (χ0v) is 16.6. The molecule has 1 fully saturated rings. The fourth-order valence-corrected chi connectivity index (χ4v) is 4.65. The van der Waals surface area contributed by atoms with E-state index < -0.39 is 13.6 Å². The lowest BCUT2D eigenvalue weighted by Gasteiger charge is -2.48. The third-order valence-corrected chi connectivity index (χ3v) is 6.28. The summed E-state index contributed by atoms with van der Waals surface area (Å²) in [6.45, 7) is -0.0470. The van der Waals surface area contributed by atoms with Crippen molar-refractivity contribution < 1.29 is 28.0 Å². The highest BCUT2D eigenvalue weighted by Crippen LogP contribution is 2.48. The van der Waals surface area contributed by atoms with Gasteiger partial charge in [-0.05, 0) is 24.5 Å². The molecule has 2 aliphatic rings. The zero-order valence-electron chi connectivity index (χ0n) is 15.7. The number of halogens is 1. The van der Waals surface area contributed by atoms with Gasteiger partial charge in [0.2, 0.25) is 5.95 Å². The van der Waals surface area contributed by atoms with E-state index in [4.69, 9.17) is 14.8 Å². The van der Waals surface area contributed by atoms with Crippen molar-refractivity contribution in [3.8, 4) is 5.75 Å². The van der Waals surface area contributed by atoms with Gasteiger partial charge in [0.1, 0.15) is 5.69 Å². The van der Waals surface area contributed by atoms with Crippen LogP contribution in [0, 0.1) is 17.7 Å². The number of phosphoric ester groups is 1. The first-order chi connectivity index (χ1) is 14.3. The van der Waals surface area contributed by atoms with Gasteiger partial charge in [-0.25, -0.2) is 8.96 Å². The minimum Gasteiger partial charge on any atom is -0.401 e. The second-order valence-corrected chi connectivity index (χ2v) is 8.53.